The van der Waals surface area contributed by atoms with E-state index in [-0.39, 0.29) is 5.41 Å². The molecule has 110 valence electrons. The highest BCUT2D eigenvalue weighted by Crippen LogP contribution is 2.33. The molecule has 1 aromatic rings. The van der Waals surface area contributed by atoms with E-state index in [9.17, 15) is 0 Å². The molecule has 0 N–H and O–H groups in total. The molecule has 0 bridgehead atoms. The van der Waals surface area contributed by atoms with Gasteiger partial charge in [-0.05, 0) is 46.6 Å². The van der Waals surface area contributed by atoms with Crippen molar-refractivity contribution in [2.24, 2.45) is 5.41 Å². The summed E-state index contributed by atoms with van der Waals surface area (Å²) in [6.45, 7) is 8.71. The summed E-state index contributed by atoms with van der Waals surface area (Å²) in [7, 11) is 2.26. The summed E-state index contributed by atoms with van der Waals surface area (Å²) in [6, 6.07) is 3.01. The normalized spacial score (nSPS) is 16.6. The Morgan fingerprint density at radius 3 is 2.45 bits per heavy atom. The average molecular weight is 289 g/mol. The van der Waals surface area contributed by atoms with Crippen LogP contribution in [-0.4, -0.2) is 13.1 Å². The lowest BCUT2D eigenvalue weighted by Crippen LogP contribution is -2.33. The predicted molar refractivity (Wildman–Crippen MR) is 90.7 cm³/mol. The van der Waals surface area contributed by atoms with E-state index < -0.39 is 0 Å². The molecule has 1 fully saturated rings. The first-order valence-corrected chi connectivity index (χ1v) is 8.55. The highest BCUT2D eigenvalue weighted by Gasteiger charge is 2.20. The molecule has 1 nitrogen and oxygen atoms in total. The Kier molecular flexibility index (Phi) is 4.81. The standard InChI is InChI=1S/C18H27NS/c1-14-17(19(5)15-9-7-6-8-10-15)13-16(20-14)11-12-18(2,3)4/h13,15H,6-10H2,1-5H3. The van der Waals surface area contributed by atoms with E-state index in [1.54, 1.807) is 0 Å². The zero-order valence-electron chi connectivity index (χ0n) is 13.5. The Morgan fingerprint density at radius 2 is 1.85 bits per heavy atom. The van der Waals surface area contributed by atoms with Crippen molar-refractivity contribution in [2.45, 2.75) is 65.8 Å². The van der Waals surface area contributed by atoms with Gasteiger partial charge in [-0.3, -0.25) is 0 Å². The van der Waals surface area contributed by atoms with Gasteiger partial charge in [0.05, 0.1) is 10.6 Å². The molecule has 0 spiro atoms. The minimum absolute atomic E-state index is 0.0767. The highest BCUT2D eigenvalue weighted by atomic mass is 32.1. The van der Waals surface area contributed by atoms with Crippen LogP contribution in [0.5, 0.6) is 0 Å². The molecule has 2 rings (SSSR count). The quantitative estimate of drug-likeness (QED) is 0.674. The molecular formula is C18H27NS. The van der Waals surface area contributed by atoms with Crippen molar-refractivity contribution in [2.75, 3.05) is 11.9 Å². The molecule has 1 saturated carbocycles. The molecule has 0 aliphatic heterocycles. The number of anilines is 1. The number of hydrogen-bond donors (Lipinski definition) is 0. The lowest BCUT2D eigenvalue weighted by molar-refractivity contribution is 0.427. The number of hydrogen-bond acceptors (Lipinski definition) is 2. The fraction of sp³-hybridized carbons (Fsp3) is 0.667. The summed E-state index contributed by atoms with van der Waals surface area (Å²) in [5, 5.41) is 0. The van der Waals surface area contributed by atoms with Gasteiger partial charge in [0.15, 0.2) is 0 Å². The molecule has 0 amide bonds. The van der Waals surface area contributed by atoms with Gasteiger partial charge in [-0.25, -0.2) is 0 Å². The van der Waals surface area contributed by atoms with Crippen LogP contribution in [0.4, 0.5) is 5.69 Å². The van der Waals surface area contributed by atoms with Crippen LogP contribution >= 0.6 is 11.3 Å². The molecule has 0 radical (unpaired) electrons. The number of thiophene rings is 1. The smallest absolute Gasteiger partial charge is 0.0792 e. The summed E-state index contributed by atoms with van der Waals surface area (Å²) in [5.41, 5.74) is 1.47. The van der Waals surface area contributed by atoms with Gasteiger partial charge < -0.3 is 4.90 Å². The minimum Gasteiger partial charge on any atom is -0.371 e. The van der Waals surface area contributed by atoms with E-state index in [0.717, 1.165) is 6.04 Å². The second-order valence-corrected chi connectivity index (χ2v) is 8.21. The van der Waals surface area contributed by atoms with Crippen molar-refractivity contribution >= 4 is 17.0 Å². The first-order valence-electron chi connectivity index (χ1n) is 7.73. The second kappa shape index (κ2) is 6.22. The molecule has 1 aliphatic rings. The van der Waals surface area contributed by atoms with Crippen molar-refractivity contribution in [3.05, 3.63) is 15.8 Å². The molecule has 0 unspecified atom stereocenters. The zero-order valence-corrected chi connectivity index (χ0v) is 14.4. The Morgan fingerprint density at radius 1 is 1.20 bits per heavy atom. The van der Waals surface area contributed by atoms with Crippen LogP contribution in [0.25, 0.3) is 0 Å². The van der Waals surface area contributed by atoms with Crippen LogP contribution in [0.2, 0.25) is 0 Å². The Labute approximate surface area is 128 Å². The Hall–Kier alpha value is -0.940. The highest BCUT2D eigenvalue weighted by molar-refractivity contribution is 7.13. The zero-order chi connectivity index (χ0) is 14.8. The third-order valence-electron chi connectivity index (χ3n) is 3.95. The van der Waals surface area contributed by atoms with Crippen molar-refractivity contribution < 1.29 is 0 Å². The maximum atomic E-state index is 3.35. The van der Waals surface area contributed by atoms with Gasteiger partial charge in [0.2, 0.25) is 0 Å². The van der Waals surface area contributed by atoms with Gasteiger partial charge >= 0.3 is 0 Å². The van der Waals surface area contributed by atoms with E-state index in [4.69, 9.17) is 0 Å². The molecular weight excluding hydrogens is 262 g/mol. The lowest BCUT2D eigenvalue weighted by atomic mass is 9.94. The van der Waals surface area contributed by atoms with Gasteiger partial charge in [0.25, 0.3) is 0 Å². The van der Waals surface area contributed by atoms with Crippen LogP contribution in [-0.2, 0) is 0 Å². The fourth-order valence-corrected chi connectivity index (χ4v) is 3.71. The second-order valence-electron chi connectivity index (χ2n) is 6.95. The maximum absolute atomic E-state index is 3.35. The molecule has 20 heavy (non-hydrogen) atoms. The van der Waals surface area contributed by atoms with Gasteiger partial charge in [0, 0.05) is 23.4 Å². The van der Waals surface area contributed by atoms with E-state index in [0.29, 0.717) is 0 Å². The summed E-state index contributed by atoms with van der Waals surface area (Å²) >= 11 is 1.83. The molecule has 1 aromatic heterocycles. The van der Waals surface area contributed by atoms with Crippen LogP contribution < -0.4 is 4.90 Å². The van der Waals surface area contributed by atoms with Gasteiger partial charge in [-0.2, -0.15) is 0 Å². The van der Waals surface area contributed by atoms with E-state index in [2.05, 4.69) is 57.5 Å². The van der Waals surface area contributed by atoms with Gasteiger partial charge in [-0.15, -0.1) is 11.3 Å². The van der Waals surface area contributed by atoms with Gasteiger partial charge in [-0.1, -0.05) is 31.1 Å². The molecule has 1 aliphatic carbocycles. The van der Waals surface area contributed by atoms with Crippen molar-refractivity contribution in [3.63, 3.8) is 0 Å². The Balaban J connectivity index is 2.15. The molecule has 0 aromatic carbocycles. The van der Waals surface area contributed by atoms with Crippen LogP contribution in [0.3, 0.4) is 0 Å². The van der Waals surface area contributed by atoms with Crippen molar-refractivity contribution in [3.8, 4) is 11.8 Å². The summed E-state index contributed by atoms with van der Waals surface area (Å²) in [6.07, 6.45) is 6.86. The average Bonchev–Trinajstić information content (AvgIpc) is 2.77. The third kappa shape index (κ3) is 4.03. The lowest BCUT2D eigenvalue weighted by Gasteiger charge is -2.32. The number of nitrogens with zero attached hydrogens (tertiary/aromatic N) is 1. The predicted octanol–water partition coefficient (Wildman–Crippen LogP) is 5.22. The number of aryl methyl sites for hydroxylation is 1. The molecule has 0 atom stereocenters. The van der Waals surface area contributed by atoms with Crippen LogP contribution in [0.15, 0.2) is 6.07 Å². The summed E-state index contributed by atoms with van der Waals surface area (Å²) in [4.78, 5) is 5.10. The Bertz CT molecular complexity index is 504. The topological polar surface area (TPSA) is 3.24 Å². The minimum atomic E-state index is 0.0767. The number of rotatable bonds is 2. The first-order chi connectivity index (χ1) is 9.37. The first kappa shape index (κ1) is 15.4. The van der Waals surface area contributed by atoms with E-state index in [1.807, 2.05) is 11.3 Å². The largest absolute Gasteiger partial charge is 0.371 e. The molecule has 1 heterocycles. The van der Waals surface area contributed by atoms with Crippen LogP contribution in [0.1, 0.15) is 62.6 Å². The monoisotopic (exact) mass is 289 g/mol. The summed E-state index contributed by atoms with van der Waals surface area (Å²) in [5.74, 6) is 6.68. The van der Waals surface area contributed by atoms with Crippen molar-refractivity contribution in [1.82, 2.24) is 0 Å². The van der Waals surface area contributed by atoms with Gasteiger partial charge in [0.1, 0.15) is 0 Å². The van der Waals surface area contributed by atoms with E-state index >= 15 is 0 Å². The molecule has 2 heteroatoms. The van der Waals surface area contributed by atoms with Crippen LogP contribution in [0, 0.1) is 24.2 Å². The SMILES string of the molecule is Cc1sc(C#CC(C)(C)C)cc1N(C)C1CCCCC1. The molecule has 0 saturated heterocycles. The third-order valence-corrected chi connectivity index (χ3v) is 4.91. The summed E-state index contributed by atoms with van der Waals surface area (Å²) < 4.78 is 0. The fourth-order valence-electron chi connectivity index (χ4n) is 2.80. The maximum Gasteiger partial charge on any atom is 0.0792 e. The van der Waals surface area contributed by atoms with Crippen molar-refractivity contribution in [1.29, 1.82) is 0 Å². The van der Waals surface area contributed by atoms with E-state index in [1.165, 1.54) is 47.5 Å².